The van der Waals surface area contributed by atoms with Gasteiger partial charge in [0.05, 0.1) is 12.7 Å². The molecule has 0 fully saturated rings. The molecule has 0 aliphatic rings. The van der Waals surface area contributed by atoms with E-state index in [-0.39, 0.29) is 6.61 Å². The van der Waals surface area contributed by atoms with Crippen molar-refractivity contribution in [3.63, 3.8) is 0 Å². The third-order valence-electron chi connectivity index (χ3n) is 3.78. The molecule has 3 heteroatoms. The molecule has 0 heterocycles. The van der Waals surface area contributed by atoms with E-state index in [0.717, 1.165) is 44.2 Å². The SMILES string of the molecule is C=C(CC/C=C\C/C=C\C/C=C\C/C=C\C=C\[C@@H](O)C/C=C\CC)NCCO. The van der Waals surface area contributed by atoms with Crippen molar-refractivity contribution >= 4 is 0 Å². The first-order valence-electron chi connectivity index (χ1n) is 10.3. The summed E-state index contributed by atoms with van der Waals surface area (Å²) in [6, 6.07) is 0. The van der Waals surface area contributed by atoms with Crippen molar-refractivity contribution in [1.82, 2.24) is 5.32 Å². The van der Waals surface area contributed by atoms with E-state index in [1.54, 1.807) is 0 Å². The smallest absolute Gasteiger partial charge is 0.0758 e. The average molecular weight is 386 g/mol. The van der Waals surface area contributed by atoms with Crippen LogP contribution in [0.15, 0.2) is 85.2 Å². The van der Waals surface area contributed by atoms with E-state index in [1.807, 2.05) is 24.3 Å². The van der Waals surface area contributed by atoms with Gasteiger partial charge in [0.1, 0.15) is 0 Å². The molecule has 1 atom stereocenters. The van der Waals surface area contributed by atoms with Gasteiger partial charge in [-0.25, -0.2) is 0 Å². The molecule has 0 amide bonds. The lowest BCUT2D eigenvalue weighted by Crippen LogP contribution is -2.16. The molecule has 3 N–H and O–H groups in total. The Hall–Kier alpha value is -2.10. The van der Waals surface area contributed by atoms with Crippen LogP contribution in [0.1, 0.15) is 51.9 Å². The molecule has 0 spiro atoms. The first-order chi connectivity index (χ1) is 13.7. The molecule has 0 bridgehead atoms. The lowest BCUT2D eigenvalue weighted by atomic mass is 10.2. The maximum atomic E-state index is 9.71. The molecular formula is C25H39NO2. The number of nitrogens with one attached hydrogen (secondary N) is 1. The van der Waals surface area contributed by atoms with Crippen LogP contribution in [-0.2, 0) is 0 Å². The molecule has 0 unspecified atom stereocenters. The summed E-state index contributed by atoms with van der Waals surface area (Å²) in [4.78, 5) is 0. The second-order valence-corrected chi connectivity index (χ2v) is 6.41. The van der Waals surface area contributed by atoms with Crippen LogP contribution >= 0.6 is 0 Å². The van der Waals surface area contributed by atoms with Crippen molar-refractivity contribution in [3.8, 4) is 0 Å². The zero-order chi connectivity index (χ0) is 20.7. The second kappa shape index (κ2) is 21.2. The van der Waals surface area contributed by atoms with Crippen LogP contribution in [0.4, 0.5) is 0 Å². The molecule has 0 saturated heterocycles. The maximum Gasteiger partial charge on any atom is 0.0758 e. The summed E-state index contributed by atoms with van der Waals surface area (Å²) < 4.78 is 0. The number of allylic oxidation sites excluding steroid dienone is 11. The Morgan fingerprint density at radius 3 is 2.18 bits per heavy atom. The van der Waals surface area contributed by atoms with E-state index in [9.17, 15) is 5.11 Å². The summed E-state index contributed by atoms with van der Waals surface area (Å²) in [6.07, 6.45) is 30.8. The highest BCUT2D eigenvalue weighted by atomic mass is 16.3. The van der Waals surface area contributed by atoms with Crippen molar-refractivity contribution in [2.24, 2.45) is 0 Å². The quantitative estimate of drug-likeness (QED) is 0.228. The molecular weight excluding hydrogens is 346 g/mol. The molecule has 28 heavy (non-hydrogen) atoms. The summed E-state index contributed by atoms with van der Waals surface area (Å²) in [7, 11) is 0. The summed E-state index contributed by atoms with van der Waals surface area (Å²) in [6.45, 7) is 6.72. The third-order valence-corrected chi connectivity index (χ3v) is 3.78. The van der Waals surface area contributed by atoms with Crippen molar-refractivity contribution in [1.29, 1.82) is 0 Å². The molecule has 0 saturated carbocycles. The van der Waals surface area contributed by atoms with Crippen molar-refractivity contribution in [2.75, 3.05) is 13.2 Å². The van der Waals surface area contributed by atoms with Gasteiger partial charge in [0.15, 0.2) is 0 Å². The third kappa shape index (κ3) is 20.2. The van der Waals surface area contributed by atoms with Crippen molar-refractivity contribution in [3.05, 3.63) is 85.2 Å². The van der Waals surface area contributed by atoms with Gasteiger partial charge in [-0.05, 0) is 44.9 Å². The zero-order valence-electron chi connectivity index (χ0n) is 17.5. The van der Waals surface area contributed by atoms with E-state index in [2.05, 4.69) is 67.4 Å². The molecule has 0 aliphatic carbocycles. The lowest BCUT2D eigenvalue weighted by Gasteiger charge is -2.05. The van der Waals surface area contributed by atoms with E-state index < -0.39 is 6.10 Å². The first kappa shape index (κ1) is 25.9. The zero-order valence-corrected chi connectivity index (χ0v) is 17.5. The number of hydrogen-bond donors (Lipinski definition) is 3. The average Bonchev–Trinajstić information content (AvgIpc) is 2.69. The van der Waals surface area contributed by atoms with Crippen LogP contribution in [0, 0.1) is 0 Å². The predicted octanol–water partition coefficient (Wildman–Crippen LogP) is 5.53. The van der Waals surface area contributed by atoms with Crippen LogP contribution in [0.25, 0.3) is 0 Å². The van der Waals surface area contributed by atoms with Gasteiger partial charge in [-0.1, -0.05) is 86.4 Å². The van der Waals surface area contributed by atoms with Gasteiger partial charge in [0.25, 0.3) is 0 Å². The Bertz CT molecular complexity index is 539. The van der Waals surface area contributed by atoms with Crippen LogP contribution in [0.5, 0.6) is 0 Å². The van der Waals surface area contributed by atoms with Gasteiger partial charge in [-0.15, -0.1) is 0 Å². The van der Waals surface area contributed by atoms with Crippen LogP contribution < -0.4 is 5.32 Å². The highest BCUT2D eigenvalue weighted by Crippen LogP contribution is 2.01. The first-order valence-corrected chi connectivity index (χ1v) is 10.3. The molecule has 0 radical (unpaired) electrons. The Balaban J connectivity index is 3.66. The Morgan fingerprint density at radius 1 is 0.893 bits per heavy atom. The number of hydrogen-bond acceptors (Lipinski definition) is 3. The van der Waals surface area contributed by atoms with Gasteiger partial charge in [-0.2, -0.15) is 0 Å². The number of rotatable bonds is 17. The van der Waals surface area contributed by atoms with Gasteiger partial charge < -0.3 is 15.5 Å². The maximum absolute atomic E-state index is 9.71. The van der Waals surface area contributed by atoms with Crippen LogP contribution in [0.3, 0.4) is 0 Å². The number of aliphatic hydroxyl groups is 2. The van der Waals surface area contributed by atoms with E-state index in [4.69, 9.17) is 5.11 Å². The van der Waals surface area contributed by atoms with E-state index in [0.29, 0.717) is 13.0 Å². The largest absolute Gasteiger partial charge is 0.395 e. The van der Waals surface area contributed by atoms with Gasteiger partial charge in [-0.3, -0.25) is 0 Å². The standard InChI is InChI=1S/C25H39NO2/c1-3-4-16-20-25(28)21-18-15-13-11-9-7-5-6-8-10-12-14-17-19-24(2)26-22-23-27/h4,6-9,12-16,18,21,25-28H,2-3,5,10-11,17,19-20,22-23H2,1H3/b8-6-,9-7-,14-12-,15-13-,16-4-,21-18+/t25-/m0/s1. The second-order valence-electron chi connectivity index (χ2n) is 6.41. The van der Waals surface area contributed by atoms with Crippen LogP contribution in [-0.4, -0.2) is 29.5 Å². The summed E-state index contributed by atoms with van der Waals surface area (Å²) >= 11 is 0. The molecule has 3 nitrogen and oxygen atoms in total. The Kier molecular flexibility index (Phi) is 19.6. The Morgan fingerprint density at radius 2 is 1.54 bits per heavy atom. The van der Waals surface area contributed by atoms with Crippen LogP contribution in [0.2, 0.25) is 0 Å². The number of aliphatic hydroxyl groups excluding tert-OH is 2. The summed E-state index contributed by atoms with van der Waals surface area (Å²) in [5, 5.41) is 21.5. The van der Waals surface area contributed by atoms with Gasteiger partial charge in [0.2, 0.25) is 0 Å². The topological polar surface area (TPSA) is 52.5 Å². The Labute approximate surface area is 172 Å². The fraction of sp³-hybridized carbons (Fsp3) is 0.440. The predicted molar refractivity (Wildman–Crippen MR) is 123 cm³/mol. The minimum absolute atomic E-state index is 0.142. The van der Waals surface area contributed by atoms with Crippen molar-refractivity contribution in [2.45, 2.75) is 58.0 Å². The molecule has 0 aromatic rings. The fourth-order valence-electron chi connectivity index (χ4n) is 2.24. The van der Waals surface area contributed by atoms with Gasteiger partial charge in [0, 0.05) is 12.2 Å². The van der Waals surface area contributed by atoms with Gasteiger partial charge >= 0.3 is 0 Å². The molecule has 0 aromatic carbocycles. The molecule has 0 aromatic heterocycles. The summed E-state index contributed by atoms with van der Waals surface area (Å²) in [5.74, 6) is 0. The highest BCUT2D eigenvalue weighted by Gasteiger charge is 1.92. The lowest BCUT2D eigenvalue weighted by molar-refractivity contribution is 0.227. The fourth-order valence-corrected chi connectivity index (χ4v) is 2.24. The van der Waals surface area contributed by atoms with E-state index in [1.165, 1.54) is 0 Å². The minimum atomic E-state index is -0.399. The normalized spacial score (nSPS) is 14.0. The van der Waals surface area contributed by atoms with Crippen molar-refractivity contribution < 1.29 is 10.2 Å². The minimum Gasteiger partial charge on any atom is -0.395 e. The molecule has 156 valence electrons. The monoisotopic (exact) mass is 385 g/mol. The highest BCUT2D eigenvalue weighted by molar-refractivity contribution is 5.08. The van der Waals surface area contributed by atoms with E-state index >= 15 is 0 Å². The molecule has 0 rings (SSSR count). The molecule has 0 aliphatic heterocycles. The summed E-state index contributed by atoms with van der Waals surface area (Å²) in [5.41, 5.74) is 0.976.